The van der Waals surface area contributed by atoms with Crippen LogP contribution in [0.15, 0.2) is 48.0 Å². The maximum atomic E-state index is 5.92. The number of aromatic amines is 1. The van der Waals surface area contributed by atoms with Crippen LogP contribution in [0, 0.1) is 0 Å². The molecule has 0 bridgehead atoms. The minimum atomic E-state index is 0.501. The molecule has 2 nitrogen and oxygen atoms in total. The first-order chi connectivity index (χ1) is 8.58. The predicted octanol–water partition coefficient (Wildman–Crippen LogP) is 4.21. The van der Waals surface area contributed by atoms with Crippen LogP contribution in [0.25, 0.3) is 23.0 Å². The van der Waals surface area contributed by atoms with E-state index in [1.54, 1.807) is 0 Å². The van der Waals surface area contributed by atoms with Gasteiger partial charge in [0, 0.05) is 22.0 Å². The average molecular weight is 259 g/mol. The Hall–Kier alpha value is -1.93. The van der Waals surface area contributed by atoms with E-state index in [0.29, 0.717) is 10.7 Å². The molecule has 1 aromatic carbocycles. The van der Waals surface area contributed by atoms with Crippen LogP contribution >= 0.6 is 11.6 Å². The number of nitrogens with one attached hydrogen (secondary N) is 1. The summed E-state index contributed by atoms with van der Waals surface area (Å²) >= 11 is 5.92. The standard InChI is InChI=1S/C15H15ClN2/c1-10(16)8-13-9-14(18-15(13)11(2)17)12-6-4-3-5-7-12/h3-9,18H,2,17H2,1H3/b10-8+. The van der Waals surface area contributed by atoms with Gasteiger partial charge in [0.25, 0.3) is 0 Å². The number of hydrogen-bond acceptors (Lipinski definition) is 1. The molecular formula is C15H15ClN2. The van der Waals surface area contributed by atoms with E-state index in [9.17, 15) is 0 Å². The fourth-order valence-corrected chi connectivity index (χ4v) is 1.96. The molecule has 3 N–H and O–H groups in total. The zero-order valence-electron chi connectivity index (χ0n) is 10.2. The van der Waals surface area contributed by atoms with Crippen molar-refractivity contribution in [3.8, 4) is 11.3 Å². The van der Waals surface area contributed by atoms with Crippen LogP contribution in [-0.2, 0) is 0 Å². The molecule has 92 valence electrons. The van der Waals surface area contributed by atoms with Gasteiger partial charge in [-0.1, -0.05) is 48.5 Å². The lowest BCUT2D eigenvalue weighted by Crippen LogP contribution is -1.96. The third-order valence-corrected chi connectivity index (χ3v) is 2.72. The number of allylic oxidation sites excluding steroid dienone is 1. The normalized spacial score (nSPS) is 11.6. The van der Waals surface area contributed by atoms with Crippen molar-refractivity contribution in [1.82, 2.24) is 4.98 Å². The summed E-state index contributed by atoms with van der Waals surface area (Å²) in [6.45, 7) is 5.61. The minimum Gasteiger partial charge on any atom is -0.398 e. The van der Waals surface area contributed by atoms with Gasteiger partial charge in [-0.25, -0.2) is 0 Å². The van der Waals surface area contributed by atoms with E-state index in [2.05, 4.69) is 11.6 Å². The Labute approximate surface area is 112 Å². The maximum absolute atomic E-state index is 5.92. The monoisotopic (exact) mass is 258 g/mol. The second kappa shape index (κ2) is 5.15. The second-order valence-electron chi connectivity index (χ2n) is 4.14. The molecule has 2 aromatic rings. The van der Waals surface area contributed by atoms with Crippen LogP contribution in [0.5, 0.6) is 0 Å². The van der Waals surface area contributed by atoms with E-state index in [0.717, 1.165) is 22.5 Å². The molecule has 0 unspecified atom stereocenters. The topological polar surface area (TPSA) is 41.8 Å². The molecular weight excluding hydrogens is 244 g/mol. The predicted molar refractivity (Wildman–Crippen MR) is 79.0 cm³/mol. The molecule has 1 aromatic heterocycles. The number of rotatable bonds is 3. The number of aromatic nitrogens is 1. The summed E-state index contributed by atoms with van der Waals surface area (Å²) in [5.74, 6) is 0. The molecule has 0 spiro atoms. The van der Waals surface area contributed by atoms with Gasteiger partial charge in [0.1, 0.15) is 0 Å². The molecule has 0 fully saturated rings. The Morgan fingerprint density at radius 1 is 1.33 bits per heavy atom. The minimum absolute atomic E-state index is 0.501. The summed E-state index contributed by atoms with van der Waals surface area (Å²) in [5, 5.41) is 0.705. The van der Waals surface area contributed by atoms with Crippen LogP contribution in [0.4, 0.5) is 0 Å². The number of halogens is 1. The Kier molecular flexibility index (Phi) is 3.58. The molecule has 1 heterocycles. The van der Waals surface area contributed by atoms with Gasteiger partial charge in [-0.05, 0) is 24.6 Å². The zero-order valence-corrected chi connectivity index (χ0v) is 11.0. The van der Waals surface area contributed by atoms with E-state index >= 15 is 0 Å². The van der Waals surface area contributed by atoms with E-state index in [-0.39, 0.29) is 0 Å². The first-order valence-corrected chi connectivity index (χ1v) is 6.02. The van der Waals surface area contributed by atoms with Crippen LogP contribution in [0.1, 0.15) is 18.2 Å². The Morgan fingerprint density at radius 2 is 2.00 bits per heavy atom. The van der Waals surface area contributed by atoms with Crippen LogP contribution in [0.3, 0.4) is 0 Å². The molecule has 2 rings (SSSR count). The van der Waals surface area contributed by atoms with Crippen molar-refractivity contribution >= 4 is 23.4 Å². The van der Waals surface area contributed by atoms with Gasteiger partial charge in [0.2, 0.25) is 0 Å². The summed E-state index contributed by atoms with van der Waals surface area (Å²) in [5.41, 5.74) is 10.2. The molecule has 0 radical (unpaired) electrons. The Bertz CT molecular complexity index is 590. The Morgan fingerprint density at radius 3 is 2.56 bits per heavy atom. The van der Waals surface area contributed by atoms with Crippen molar-refractivity contribution in [1.29, 1.82) is 0 Å². The fraction of sp³-hybridized carbons (Fsp3) is 0.0667. The van der Waals surface area contributed by atoms with Gasteiger partial charge >= 0.3 is 0 Å². The lowest BCUT2D eigenvalue weighted by molar-refractivity contribution is 1.32. The summed E-state index contributed by atoms with van der Waals surface area (Å²) in [6, 6.07) is 12.1. The highest BCUT2D eigenvalue weighted by molar-refractivity contribution is 6.31. The molecule has 0 aliphatic rings. The largest absolute Gasteiger partial charge is 0.398 e. The van der Waals surface area contributed by atoms with Crippen molar-refractivity contribution in [2.24, 2.45) is 5.73 Å². The molecule has 0 aliphatic carbocycles. The van der Waals surface area contributed by atoms with Gasteiger partial charge in [-0.2, -0.15) is 0 Å². The van der Waals surface area contributed by atoms with Crippen molar-refractivity contribution in [3.63, 3.8) is 0 Å². The maximum Gasteiger partial charge on any atom is 0.0686 e. The quantitative estimate of drug-likeness (QED) is 0.851. The van der Waals surface area contributed by atoms with E-state index in [4.69, 9.17) is 17.3 Å². The highest BCUT2D eigenvalue weighted by Gasteiger charge is 2.08. The summed E-state index contributed by atoms with van der Waals surface area (Å²) in [7, 11) is 0. The second-order valence-corrected chi connectivity index (χ2v) is 4.73. The molecule has 0 saturated carbocycles. The molecule has 0 amide bonds. The summed E-state index contributed by atoms with van der Waals surface area (Å²) in [6.07, 6.45) is 1.87. The van der Waals surface area contributed by atoms with Crippen molar-refractivity contribution in [2.75, 3.05) is 0 Å². The van der Waals surface area contributed by atoms with Gasteiger partial charge in [-0.3, -0.25) is 0 Å². The third kappa shape index (κ3) is 2.66. The number of H-pyrrole nitrogens is 1. The van der Waals surface area contributed by atoms with Crippen LogP contribution in [0.2, 0.25) is 0 Å². The first kappa shape index (κ1) is 12.5. The zero-order chi connectivity index (χ0) is 13.1. The average Bonchev–Trinajstić information content (AvgIpc) is 2.73. The lowest BCUT2D eigenvalue weighted by atomic mass is 10.1. The van der Waals surface area contributed by atoms with Gasteiger partial charge in [-0.15, -0.1) is 0 Å². The van der Waals surface area contributed by atoms with E-state index in [1.165, 1.54) is 0 Å². The molecule has 0 atom stereocenters. The fourth-order valence-electron chi connectivity index (χ4n) is 1.84. The first-order valence-electron chi connectivity index (χ1n) is 5.65. The number of benzene rings is 1. The van der Waals surface area contributed by atoms with Crippen LogP contribution < -0.4 is 5.73 Å². The smallest absolute Gasteiger partial charge is 0.0686 e. The van der Waals surface area contributed by atoms with Gasteiger partial charge < -0.3 is 10.7 Å². The van der Waals surface area contributed by atoms with Crippen molar-refractivity contribution < 1.29 is 0 Å². The summed E-state index contributed by atoms with van der Waals surface area (Å²) in [4.78, 5) is 3.28. The lowest BCUT2D eigenvalue weighted by Gasteiger charge is -1.99. The molecule has 18 heavy (non-hydrogen) atoms. The number of nitrogens with two attached hydrogens (primary N) is 1. The highest BCUT2D eigenvalue weighted by Crippen LogP contribution is 2.26. The summed E-state index contributed by atoms with van der Waals surface area (Å²) < 4.78 is 0. The van der Waals surface area contributed by atoms with E-state index in [1.807, 2.05) is 49.4 Å². The van der Waals surface area contributed by atoms with E-state index < -0.39 is 0 Å². The van der Waals surface area contributed by atoms with Gasteiger partial charge in [0.15, 0.2) is 0 Å². The van der Waals surface area contributed by atoms with Crippen molar-refractivity contribution in [2.45, 2.75) is 6.92 Å². The SMILES string of the molecule is C=C(N)c1[nH]c(-c2ccccc2)cc1/C=C(\C)Cl. The van der Waals surface area contributed by atoms with Crippen molar-refractivity contribution in [3.05, 3.63) is 59.3 Å². The molecule has 3 heteroatoms. The third-order valence-electron chi connectivity index (χ3n) is 2.61. The molecule has 0 aliphatic heterocycles. The Balaban J connectivity index is 2.53. The highest BCUT2D eigenvalue weighted by atomic mass is 35.5. The van der Waals surface area contributed by atoms with Crippen LogP contribution in [-0.4, -0.2) is 4.98 Å². The van der Waals surface area contributed by atoms with Gasteiger partial charge in [0.05, 0.1) is 5.69 Å². The molecule has 0 saturated heterocycles. The number of hydrogen-bond donors (Lipinski definition) is 2.